The number of ketones is 2. The predicted octanol–water partition coefficient (Wildman–Crippen LogP) is 5.18. The van der Waals surface area contributed by atoms with E-state index in [1.165, 1.54) is 18.9 Å². The average Bonchev–Trinajstić information content (AvgIpc) is 3.48. The van der Waals surface area contributed by atoms with Gasteiger partial charge in [-0.25, -0.2) is 14.0 Å². The summed E-state index contributed by atoms with van der Waals surface area (Å²) in [6, 6.07) is 8.38. The molecule has 60 heavy (non-hydrogen) atoms. The Hall–Kier alpha value is -3.86. The maximum Gasteiger partial charge on any atom is 0.410 e. The number of aliphatic hydroxyl groups is 1. The summed E-state index contributed by atoms with van der Waals surface area (Å²) in [5, 5.41) is 15.7. The molecule has 5 rings (SSSR count). The van der Waals surface area contributed by atoms with Crippen molar-refractivity contribution in [2.24, 2.45) is 17.8 Å². The van der Waals surface area contributed by atoms with Gasteiger partial charge < -0.3 is 39.0 Å². The van der Waals surface area contributed by atoms with Gasteiger partial charge in [0, 0.05) is 68.7 Å². The Balaban J connectivity index is 1.50. The predicted molar refractivity (Wildman–Crippen MR) is 222 cm³/mol. The number of pyridine rings is 1. The van der Waals surface area contributed by atoms with Gasteiger partial charge in [0.2, 0.25) is 0 Å². The van der Waals surface area contributed by atoms with Crippen molar-refractivity contribution in [1.29, 1.82) is 0 Å². The first-order valence-electron chi connectivity index (χ1n) is 21.1. The molecule has 13 atom stereocenters. The fraction of sp³-hybridized carbons (Fsp3) is 0.667. The minimum atomic E-state index is -3.19. The number of fused-ring (bicyclic) bond motifs is 2. The number of carbonyl (C=O) groups is 4. The number of benzene rings is 1. The van der Waals surface area contributed by atoms with E-state index < -0.39 is 89.2 Å². The molecule has 0 saturated carbocycles. The molecule has 0 spiro atoms. The van der Waals surface area contributed by atoms with Gasteiger partial charge in [-0.1, -0.05) is 52.0 Å². The number of amides is 1. The third-order valence-corrected chi connectivity index (χ3v) is 13.0. The van der Waals surface area contributed by atoms with Crippen LogP contribution in [0.25, 0.3) is 10.9 Å². The van der Waals surface area contributed by atoms with E-state index in [1.807, 2.05) is 44.3 Å². The Morgan fingerprint density at radius 2 is 1.80 bits per heavy atom. The van der Waals surface area contributed by atoms with Crippen LogP contribution in [0.3, 0.4) is 0 Å². The van der Waals surface area contributed by atoms with Crippen LogP contribution in [-0.2, 0) is 44.6 Å². The van der Waals surface area contributed by atoms with Gasteiger partial charge in [0.05, 0.1) is 29.4 Å². The van der Waals surface area contributed by atoms with Crippen LogP contribution in [0.4, 0.5) is 9.18 Å². The first kappa shape index (κ1) is 47.2. The van der Waals surface area contributed by atoms with Crippen LogP contribution in [0, 0.1) is 17.8 Å². The van der Waals surface area contributed by atoms with E-state index in [0.717, 1.165) is 23.4 Å². The lowest BCUT2D eigenvalue weighted by Gasteiger charge is -2.46. The summed E-state index contributed by atoms with van der Waals surface area (Å²) in [6.07, 6.45) is -2.22. The van der Waals surface area contributed by atoms with Gasteiger partial charge in [-0.15, -0.1) is 6.58 Å². The van der Waals surface area contributed by atoms with E-state index in [4.69, 9.17) is 23.7 Å². The molecule has 3 aliphatic heterocycles. The Bertz CT molecular complexity index is 1880. The summed E-state index contributed by atoms with van der Waals surface area (Å²) in [5.41, 5.74) is -4.36. The molecule has 14 nitrogen and oxygen atoms in total. The van der Waals surface area contributed by atoms with E-state index in [1.54, 1.807) is 46.9 Å². The Morgan fingerprint density at radius 3 is 2.47 bits per heavy atom. The molecular weight excluding hydrogens is 776 g/mol. The molecule has 15 heteroatoms. The first-order valence-corrected chi connectivity index (χ1v) is 21.1. The zero-order valence-corrected chi connectivity index (χ0v) is 36.8. The Morgan fingerprint density at radius 1 is 1.10 bits per heavy atom. The van der Waals surface area contributed by atoms with Crippen LogP contribution < -0.4 is 5.32 Å². The molecule has 3 aliphatic rings. The third-order valence-electron chi connectivity index (χ3n) is 13.0. The largest absolute Gasteiger partial charge is 0.455 e. The number of nitrogens with zero attached hydrogens (tertiary/aromatic N) is 3. The molecule has 0 aliphatic carbocycles. The van der Waals surface area contributed by atoms with E-state index >= 15 is 4.39 Å². The van der Waals surface area contributed by atoms with Gasteiger partial charge in [-0.3, -0.25) is 19.5 Å². The second-order valence-electron chi connectivity index (χ2n) is 17.6. The second kappa shape index (κ2) is 19.0. The number of alkyl halides is 1. The number of ether oxygens (including phenoxy) is 5. The third kappa shape index (κ3) is 9.46. The van der Waals surface area contributed by atoms with Crippen molar-refractivity contribution in [3.63, 3.8) is 0 Å². The number of aromatic nitrogens is 1. The lowest BCUT2D eigenvalue weighted by atomic mass is 9.73. The summed E-state index contributed by atoms with van der Waals surface area (Å²) in [5.74, 6) is -5.88. The van der Waals surface area contributed by atoms with Crippen LogP contribution in [0.1, 0.15) is 80.2 Å². The highest BCUT2D eigenvalue weighted by Crippen LogP contribution is 2.43. The minimum Gasteiger partial charge on any atom is -0.455 e. The summed E-state index contributed by atoms with van der Waals surface area (Å²) in [4.78, 5) is 65.0. The molecule has 0 bridgehead atoms. The highest BCUT2D eigenvalue weighted by Gasteiger charge is 2.61. The van der Waals surface area contributed by atoms with Crippen molar-refractivity contribution >= 4 is 34.5 Å². The number of nitrogens with one attached hydrogen (secondary N) is 1. The van der Waals surface area contributed by atoms with Crippen molar-refractivity contribution < 1.29 is 52.4 Å². The van der Waals surface area contributed by atoms with Crippen molar-refractivity contribution in [1.82, 2.24) is 20.1 Å². The van der Waals surface area contributed by atoms with Gasteiger partial charge in [0.15, 0.2) is 17.7 Å². The molecular formula is C45H65FN4O10. The van der Waals surface area contributed by atoms with Gasteiger partial charge in [0.1, 0.15) is 18.0 Å². The molecule has 3 fully saturated rings. The maximum absolute atomic E-state index is 17.0. The SMILES string of the molecule is C=CCN[C@H]1C[C@@H](C)O[C@@H](O[C@@H]2[C@@H](C)C(=O)C(C)(F)C(=O)O[C@H](CC)[C@@]3(C)OC(=O)N(CCN(C)Cc4ccnc5ccccc45)C3[C@@H](C)C(=O)[C@H](C)C[C@@]2(C)OC)[C@H]1O. The molecule has 4 heterocycles. The van der Waals surface area contributed by atoms with Crippen molar-refractivity contribution in [3.8, 4) is 0 Å². The van der Waals surface area contributed by atoms with Crippen LogP contribution >= 0.6 is 0 Å². The van der Waals surface area contributed by atoms with E-state index in [-0.39, 0.29) is 31.3 Å². The summed E-state index contributed by atoms with van der Waals surface area (Å²) in [6.45, 7) is 17.7. The zero-order valence-electron chi connectivity index (χ0n) is 36.8. The topological polar surface area (TPSA) is 166 Å². The molecule has 2 aromatic rings. The van der Waals surface area contributed by atoms with Crippen molar-refractivity contribution in [2.75, 3.05) is 33.8 Å². The minimum absolute atomic E-state index is 0.0169. The van der Waals surface area contributed by atoms with Crippen LogP contribution in [0.5, 0.6) is 0 Å². The second-order valence-corrected chi connectivity index (χ2v) is 17.6. The number of likely N-dealkylation sites (N-methyl/N-ethyl adjacent to an activating group) is 1. The number of Topliss-reactive ketones (excluding diaryl/α,β-unsaturated/α-hetero) is 2. The molecule has 2 unspecified atom stereocenters. The monoisotopic (exact) mass is 840 g/mol. The molecule has 0 radical (unpaired) electrons. The smallest absolute Gasteiger partial charge is 0.410 e. The number of carbonyl (C=O) groups excluding carboxylic acids is 4. The normalized spacial score (nSPS) is 37.1. The summed E-state index contributed by atoms with van der Waals surface area (Å²) >= 11 is 0. The molecule has 3 saturated heterocycles. The average molecular weight is 841 g/mol. The van der Waals surface area contributed by atoms with E-state index in [0.29, 0.717) is 26.1 Å². The first-order chi connectivity index (χ1) is 28.2. The number of hydrogen-bond acceptors (Lipinski definition) is 13. The quantitative estimate of drug-likeness (QED) is 0.163. The number of cyclic esters (lactones) is 1. The highest BCUT2D eigenvalue weighted by molar-refractivity contribution is 6.08. The van der Waals surface area contributed by atoms with Crippen LogP contribution in [0.2, 0.25) is 0 Å². The standard InChI is InChI=1S/C45H65FN4O10/c1-12-19-47-33-23-27(4)57-40(36(33)52)59-39-29(6)38(53)44(8,46)41(54)58-34(13-2)45(9)37(28(5)35(51)26(3)24-43(39,7)56-11)50(42(55)60-45)22-21-49(10)25-30-18-20-48-32-17-15-14-16-31(30)32/h12,14-18,20,26-29,33-34,36-37,39-40,47,52H,1,13,19,21-25H2,2-11H3/t26-,27-,28+,29+,33+,34-,36+,37?,39-,40+,43-,44?,45-/m1/s1. The number of rotatable bonds is 12. The van der Waals surface area contributed by atoms with Crippen molar-refractivity contribution in [2.45, 2.75) is 141 Å². The highest BCUT2D eigenvalue weighted by atomic mass is 19.1. The summed E-state index contributed by atoms with van der Waals surface area (Å²) < 4.78 is 47.6. The number of esters is 1. The van der Waals surface area contributed by atoms with Gasteiger partial charge >= 0.3 is 12.1 Å². The molecule has 1 aromatic heterocycles. The summed E-state index contributed by atoms with van der Waals surface area (Å²) in [7, 11) is 3.32. The molecule has 332 valence electrons. The number of halogens is 1. The van der Waals surface area contributed by atoms with Crippen LogP contribution in [0.15, 0.2) is 49.2 Å². The lowest BCUT2D eigenvalue weighted by Crippen LogP contribution is -2.62. The van der Waals surface area contributed by atoms with Gasteiger partial charge in [0.25, 0.3) is 5.67 Å². The van der Waals surface area contributed by atoms with Gasteiger partial charge in [-0.05, 0) is 71.7 Å². The van der Waals surface area contributed by atoms with Gasteiger partial charge in [-0.2, -0.15) is 0 Å². The van der Waals surface area contributed by atoms with E-state index in [9.17, 15) is 24.3 Å². The fourth-order valence-corrected chi connectivity index (χ4v) is 9.60. The zero-order chi connectivity index (χ0) is 44.3. The Kier molecular flexibility index (Phi) is 15.0. The van der Waals surface area contributed by atoms with Crippen molar-refractivity contribution in [3.05, 3.63) is 54.7 Å². The maximum atomic E-state index is 17.0. The number of aliphatic hydroxyl groups excluding tert-OH is 1. The number of hydrogen-bond donors (Lipinski definition) is 2. The molecule has 1 aromatic carbocycles. The fourth-order valence-electron chi connectivity index (χ4n) is 9.60. The lowest BCUT2D eigenvalue weighted by molar-refractivity contribution is -0.290. The molecule has 1 amide bonds. The number of methoxy groups -OCH3 is 1. The van der Waals surface area contributed by atoms with E-state index in [2.05, 4.69) is 21.8 Å². The number of para-hydroxylation sites is 1. The Labute approximate surface area is 353 Å². The molecule has 2 N–H and O–H groups in total. The van der Waals surface area contributed by atoms with Crippen LogP contribution in [-0.4, -0.2) is 137 Å².